The van der Waals surface area contributed by atoms with Crippen molar-refractivity contribution in [2.45, 2.75) is 52.7 Å². The van der Waals surface area contributed by atoms with Gasteiger partial charge in [0.2, 0.25) is 5.78 Å². The molecule has 0 radical (unpaired) electrons. The maximum atomic E-state index is 13.0. The second kappa shape index (κ2) is 10.4. The predicted octanol–water partition coefficient (Wildman–Crippen LogP) is 4.43. The van der Waals surface area contributed by atoms with Crippen molar-refractivity contribution in [3.63, 3.8) is 0 Å². The van der Waals surface area contributed by atoms with Crippen molar-refractivity contribution < 1.29 is 19.1 Å². The summed E-state index contributed by atoms with van der Waals surface area (Å²) < 4.78 is 5.66. The Kier molecular flexibility index (Phi) is 7.67. The quantitative estimate of drug-likeness (QED) is 0.602. The van der Waals surface area contributed by atoms with Gasteiger partial charge in [-0.25, -0.2) is 4.79 Å². The zero-order valence-electron chi connectivity index (χ0n) is 19.1. The molecule has 32 heavy (non-hydrogen) atoms. The number of ether oxygens (including phenoxy) is 1. The zero-order valence-corrected chi connectivity index (χ0v) is 19.1. The molecule has 1 fully saturated rings. The largest absolute Gasteiger partial charge is 0.447 e. The van der Waals surface area contributed by atoms with Crippen molar-refractivity contribution in [2.24, 2.45) is 5.41 Å². The van der Waals surface area contributed by atoms with Crippen LogP contribution in [0.2, 0.25) is 0 Å². The second-order valence-corrected chi connectivity index (χ2v) is 9.28. The smallest absolute Gasteiger partial charge is 0.410 e. The average Bonchev–Trinajstić information content (AvgIpc) is 3.25. The van der Waals surface area contributed by atoms with E-state index in [9.17, 15) is 14.4 Å². The van der Waals surface area contributed by atoms with Crippen LogP contribution in [0.5, 0.6) is 0 Å². The minimum atomic E-state index is -0.733. The summed E-state index contributed by atoms with van der Waals surface area (Å²) in [7, 11) is 0. The lowest BCUT2D eigenvalue weighted by atomic mass is 9.90. The van der Waals surface area contributed by atoms with Crippen molar-refractivity contribution in [3.8, 4) is 0 Å². The summed E-state index contributed by atoms with van der Waals surface area (Å²) in [6.45, 7) is 6.66. The van der Waals surface area contributed by atoms with Gasteiger partial charge in [0.1, 0.15) is 6.61 Å². The second-order valence-electron chi connectivity index (χ2n) is 9.28. The third-order valence-electron chi connectivity index (χ3n) is 5.60. The van der Waals surface area contributed by atoms with Crippen LogP contribution in [0.15, 0.2) is 60.7 Å². The number of benzene rings is 2. The monoisotopic (exact) mass is 436 g/mol. The lowest BCUT2D eigenvalue weighted by Gasteiger charge is -2.28. The van der Waals surface area contributed by atoms with E-state index in [0.29, 0.717) is 26.1 Å². The molecule has 1 aliphatic heterocycles. The molecule has 1 heterocycles. The Morgan fingerprint density at radius 3 is 1.97 bits per heavy atom. The SMILES string of the molecule is CC(C)(C)C(=O)C(=O)N1CCC[C@H]1COC(=O)N(Cc1ccccc1)Cc1ccccc1. The number of likely N-dealkylation sites (tertiary alicyclic amines) is 1. The molecule has 2 aromatic rings. The summed E-state index contributed by atoms with van der Waals surface area (Å²) in [4.78, 5) is 41.4. The fraction of sp³-hybridized carbons (Fsp3) is 0.423. The molecule has 0 spiro atoms. The molecule has 0 unspecified atom stereocenters. The molecule has 1 atom stereocenters. The van der Waals surface area contributed by atoms with Crippen LogP contribution in [0.25, 0.3) is 0 Å². The zero-order chi connectivity index (χ0) is 23.1. The topological polar surface area (TPSA) is 66.9 Å². The molecular weight excluding hydrogens is 404 g/mol. The Bertz CT molecular complexity index is 880. The molecule has 6 nitrogen and oxygen atoms in total. The fourth-order valence-electron chi connectivity index (χ4n) is 3.78. The number of hydrogen-bond acceptors (Lipinski definition) is 4. The summed E-state index contributed by atoms with van der Waals surface area (Å²) in [6.07, 6.45) is 1.08. The average molecular weight is 437 g/mol. The fourth-order valence-corrected chi connectivity index (χ4v) is 3.78. The molecule has 0 bridgehead atoms. The van der Waals surface area contributed by atoms with Gasteiger partial charge in [-0.1, -0.05) is 81.4 Å². The highest BCUT2D eigenvalue weighted by atomic mass is 16.6. The molecule has 0 aliphatic carbocycles. The van der Waals surface area contributed by atoms with Gasteiger partial charge in [-0.2, -0.15) is 0 Å². The van der Waals surface area contributed by atoms with Gasteiger partial charge in [0.25, 0.3) is 5.91 Å². The Labute approximate surface area is 190 Å². The third kappa shape index (κ3) is 6.19. The molecule has 0 N–H and O–H groups in total. The van der Waals surface area contributed by atoms with Gasteiger partial charge in [0.05, 0.1) is 6.04 Å². The lowest BCUT2D eigenvalue weighted by Crippen LogP contribution is -2.46. The van der Waals surface area contributed by atoms with Crippen LogP contribution >= 0.6 is 0 Å². The normalized spacial score (nSPS) is 16.0. The van der Waals surface area contributed by atoms with Crippen LogP contribution in [0.1, 0.15) is 44.7 Å². The molecule has 0 aromatic heterocycles. The standard InChI is InChI=1S/C26H32N2O4/c1-26(2,3)23(29)24(30)28-16-10-15-22(28)19-32-25(31)27(17-20-11-6-4-7-12-20)18-21-13-8-5-9-14-21/h4-9,11-14,22H,10,15-19H2,1-3H3/t22-/m0/s1. The van der Waals surface area contributed by atoms with Gasteiger partial charge in [-0.15, -0.1) is 0 Å². The van der Waals surface area contributed by atoms with Crippen LogP contribution in [0, 0.1) is 5.41 Å². The van der Waals surface area contributed by atoms with Crippen LogP contribution in [-0.4, -0.2) is 46.8 Å². The Balaban J connectivity index is 1.66. The highest BCUT2D eigenvalue weighted by Crippen LogP contribution is 2.23. The van der Waals surface area contributed by atoms with Gasteiger partial charge in [-0.05, 0) is 24.0 Å². The van der Waals surface area contributed by atoms with Crippen LogP contribution < -0.4 is 0 Å². The van der Waals surface area contributed by atoms with E-state index in [2.05, 4.69) is 0 Å². The van der Waals surface area contributed by atoms with E-state index in [1.54, 1.807) is 30.6 Å². The summed E-state index contributed by atoms with van der Waals surface area (Å²) in [6, 6.07) is 19.3. The molecular formula is C26H32N2O4. The Morgan fingerprint density at radius 2 is 1.47 bits per heavy atom. The number of nitrogens with zero attached hydrogens (tertiary/aromatic N) is 2. The first-order valence-electron chi connectivity index (χ1n) is 11.1. The number of carbonyl (C=O) groups excluding carboxylic acids is 3. The minimum absolute atomic E-state index is 0.0854. The maximum Gasteiger partial charge on any atom is 0.410 e. The van der Waals surface area contributed by atoms with Gasteiger partial charge in [-0.3, -0.25) is 14.5 Å². The highest BCUT2D eigenvalue weighted by molar-refractivity contribution is 6.37. The van der Waals surface area contributed by atoms with Crippen molar-refractivity contribution >= 4 is 17.8 Å². The van der Waals surface area contributed by atoms with E-state index in [0.717, 1.165) is 17.5 Å². The van der Waals surface area contributed by atoms with Gasteiger partial charge < -0.3 is 9.64 Å². The minimum Gasteiger partial charge on any atom is -0.447 e. The number of amides is 2. The summed E-state index contributed by atoms with van der Waals surface area (Å²) in [5, 5.41) is 0. The maximum absolute atomic E-state index is 13.0. The molecule has 6 heteroatoms. The van der Waals surface area contributed by atoms with E-state index in [4.69, 9.17) is 4.74 Å². The summed E-state index contributed by atoms with van der Waals surface area (Å²) >= 11 is 0. The third-order valence-corrected chi connectivity index (χ3v) is 5.60. The molecule has 2 aromatic carbocycles. The molecule has 170 valence electrons. The van der Waals surface area contributed by atoms with E-state index < -0.39 is 23.2 Å². The summed E-state index contributed by atoms with van der Waals surface area (Å²) in [5.41, 5.74) is 1.28. The number of carbonyl (C=O) groups is 3. The number of rotatable bonds is 7. The van der Waals surface area contributed by atoms with Crippen LogP contribution in [-0.2, 0) is 27.4 Å². The number of hydrogen-bond donors (Lipinski definition) is 0. The Morgan fingerprint density at radius 1 is 0.938 bits per heavy atom. The van der Waals surface area contributed by atoms with Crippen molar-refractivity contribution in [1.82, 2.24) is 9.80 Å². The molecule has 3 rings (SSSR count). The van der Waals surface area contributed by atoms with E-state index in [1.807, 2.05) is 60.7 Å². The van der Waals surface area contributed by atoms with Crippen molar-refractivity contribution in [2.75, 3.05) is 13.2 Å². The summed E-state index contributed by atoms with van der Waals surface area (Å²) in [5.74, 6) is -0.896. The first-order valence-corrected chi connectivity index (χ1v) is 11.1. The van der Waals surface area contributed by atoms with E-state index in [-0.39, 0.29) is 12.6 Å². The van der Waals surface area contributed by atoms with Crippen LogP contribution in [0.4, 0.5) is 4.79 Å². The Hall–Kier alpha value is -3.15. The molecule has 2 amide bonds. The highest BCUT2D eigenvalue weighted by Gasteiger charge is 2.37. The van der Waals surface area contributed by atoms with Gasteiger partial charge in [0.15, 0.2) is 0 Å². The molecule has 1 saturated heterocycles. The van der Waals surface area contributed by atoms with E-state index in [1.165, 1.54) is 0 Å². The first kappa shape index (κ1) is 23.5. The van der Waals surface area contributed by atoms with Crippen molar-refractivity contribution in [3.05, 3.63) is 71.8 Å². The number of Topliss-reactive ketones (excluding diaryl/α,β-unsaturated/α-hetero) is 1. The molecule has 1 aliphatic rings. The van der Waals surface area contributed by atoms with Gasteiger partial charge >= 0.3 is 6.09 Å². The predicted molar refractivity (Wildman–Crippen MR) is 123 cm³/mol. The molecule has 0 saturated carbocycles. The van der Waals surface area contributed by atoms with Crippen LogP contribution in [0.3, 0.4) is 0 Å². The van der Waals surface area contributed by atoms with Gasteiger partial charge in [0, 0.05) is 25.0 Å². The first-order chi connectivity index (χ1) is 15.3. The lowest BCUT2D eigenvalue weighted by molar-refractivity contribution is -0.149. The van der Waals surface area contributed by atoms with E-state index >= 15 is 0 Å². The van der Waals surface area contributed by atoms with Crippen molar-refractivity contribution in [1.29, 1.82) is 0 Å². The number of ketones is 1.